The molecular formula is C26H23F4NO4. The smallest absolute Gasteiger partial charge is 0.416 e. The fraction of sp³-hybridized carbons (Fsp3) is 0.231. The van der Waals surface area contributed by atoms with E-state index in [-0.39, 0.29) is 42.8 Å². The number of hydrogen-bond donors (Lipinski definition) is 1. The highest BCUT2D eigenvalue weighted by Crippen LogP contribution is 2.34. The number of hydrogen-bond acceptors (Lipinski definition) is 5. The molecule has 0 saturated heterocycles. The molecule has 0 radical (unpaired) electrons. The minimum Gasteiger partial charge on any atom is -0.469 e. The van der Waals surface area contributed by atoms with Crippen molar-refractivity contribution < 1.29 is 36.6 Å². The second kappa shape index (κ2) is 11.6. The first-order valence-electron chi connectivity index (χ1n) is 10.6. The van der Waals surface area contributed by atoms with Crippen molar-refractivity contribution in [1.82, 2.24) is 5.32 Å². The SMILES string of the molecule is COC(=O)Cc1ccc(F)c(-c2ccc(C(F)(F)F)cc2CNCC(=O)OCc2ccccc2)c1. The molecule has 0 amide bonds. The summed E-state index contributed by atoms with van der Waals surface area (Å²) in [6, 6.07) is 15.9. The predicted octanol–water partition coefficient (Wildman–Crippen LogP) is 5.06. The first-order valence-corrected chi connectivity index (χ1v) is 10.6. The number of methoxy groups -OCH3 is 1. The van der Waals surface area contributed by atoms with Crippen LogP contribution in [0.2, 0.25) is 0 Å². The predicted molar refractivity (Wildman–Crippen MR) is 121 cm³/mol. The van der Waals surface area contributed by atoms with Crippen LogP contribution in [-0.4, -0.2) is 25.6 Å². The van der Waals surface area contributed by atoms with Crippen LogP contribution in [0.25, 0.3) is 11.1 Å². The molecule has 0 spiro atoms. The van der Waals surface area contributed by atoms with E-state index in [0.717, 1.165) is 23.8 Å². The molecule has 0 fully saturated rings. The Kier molecular flexibility index (Phi) is 8.59. The van der Waals surface area contributed by atoms with Crippen molar-refractivity contribution in [1.29, 1.82) is 0 Å². The molecule has 0 aliphatic carbocycles. The van der Waals surface area contributed by atoms with Gasteiger partial charge in [-0.25, -0.2) is 4.39 Å². The second-order valence-corrected chi connectivity index (χ2v) is 7.69. The standard InChI is InChI=1S/C26H23F4NO4/c1-34-24(32)12-18-7-10-23(27)22(11-18)21-9-8-20(26(28,29)30)13-19(21)14-31-15-25(33)35-16-17-5-3-2-4-6-17/h2-11,13,31H,12,14-16H2,1H3. The van der Waals surface area contributed by atoms with Gasteiger partial charge in [0.05, 0.1) is 25.6 Å². The van der Waals surface area contributed by atoms with Crippen LogP contribution in [0.3, 0.4) is 0 Å². The lowest BCUT2D eigenvalue weighted by atomic mass is 9.95. The van der Waals surface area contributed by atoms with Gasteiger partial charge in [-0.3, -0.25) is 9.59 Å². The number of benzene rings is 3. The lowest BCUT2D eigenvalue weighted by Gasteiger charge is -2.16. The van der Waals surface area contributed by atoms with E-state index in [1.807, 2.05) is 6.07 Å². The van der Waals surface area contributed by atoms with Crippen LogP contribution in [0, 0.1) is 5.82 Å². The maximum atomic E-state index is 14.7. The normalized spacial score (nSPS) is 11.2. The molecule has 35 heavy (non-hydrogen) atoms. The fourth-order valence-corrected chi connectivity index (χ4v) is 3.40. The van der Waals surface area contributed by atoms with Crippen molar-refractivity contribution in [3.05, 3.63) is 94.8 Å². The van der Waals surface area contributed by atoms with E-state index < -0.39 is 29.5 Å². The molecule has 0 atom stereocenters. The van der Waals surface area contributed by atoms with Gasteiger partial charge in [0, 0.05) is 12.1 Å². The van der Waals surface area contributed by atoms with Crippen molar-refractivity contribution in [2.24, 2.45) is 0 Å². The van der Waals surface area contributed by atoms with Crippen molar-refractivity contribution in [3.8, 4) is 11.1 Å². The van der Waals surface area contributed by atoms with Gasteiger partial charge in [0.15, 0.2) is 0 Å². The van der Waals surface area contributed by atoms with Crippen molar-refractivity contribution in [3.63, 3.8) is 0 Å². The summed E-state index contributed by atoms with van der Waals surface area (Å²) in [5.74, 6) is -1.79. The third-order valence-electron chi connectivity index (χ3n) is 5.16. The van der Waals surface area contributed by atoms with E-state index in [0.29, 0.717) is 5.56 Å². The molecule has 0 bridgehead atoms. The Labute approximate surface area is 199 Å². The molecule has 0 aliphatic rings. The van der Waals surface area contributed by atoms with Crippen LogP contribution in [0.5, 0.6) is 0 Å². The van der Waals surface area contributed by atoms with Crippen LogP contribution in [0.15, 0.2) is 66.7 Å². The largest absolute Gasteiger partial charge is 0.469 e. The van der Waals surface area contributed by atoms with E-state index in [1.54, 1.807) is 24.3 Å². The zero-order chi connectivity index (χ0) is 25.4. The van der Waals surface area contributed by atoms with Gasteiger partial charge in [-0.05, 0) is 46.5 Å². The Morgan fingerprint density at radius 1 is 0.886 bits per heavy atom. The minimum atomic E-state index is -4.60. The molecule has 3 aromatic rings. The molecule has 0 heterocycles. The number of carbonyl (C=O) groups excluding carboxylic acids is 2. The average Bonchev–Trinajstić information content (AvgIpc) is 2.84. The van der Waals surface area contributed by atoms with Gasteiger partial charge in [-0.1, -0.05) is 42.5 Å². The molecule has 1 N–H and O–H groups in total. The van der Waals surface area contributed by atoms with Crippen LogP contribution >= 0.6 is 0 Å². The van der Waals surface area contributed by atoms with E-state index >= 15 is 0 Å². The zero-order valence-corrected chi connectivity index (χ0v) is 18.8. The quantitative estimate of drug-likeness (QED) is 0.336. The third kappa shape index (κ3) is 7.38. The highest BCUT2D eigenvalue weighted by atomic mass is 19.4. The number of nitrogens with one attached hydrogen (secondary N) is 1. The molecule has 3 aromatic carbocycles. The molecule has 184 valence electrons. The Hall–Kier alpha value is -3.72. The lowest BCUT2D eigenvalue weighted by Crippen LogP contribution is -2.24. The summed E-state index contributed by atoms with van der Waals surface area (Å²) in [5, 5.41) is 2.76. The fourth-order valence-electron chi connectivity index (χ4n) is 3.40. The molecule has 0 unspecified atom stereocenters. The summed E-state index contributed by atoms with van der Waals surface area (Å²) < 4.78 is 64.4. The van der Waals surface area contributed by atoms with E-state index in [9.17, 15) is 27.2 Å². The Bertz CT molecular complexity index is 1180. The highest BCUT2D eigenvalue weighted by Gasteiger charge is 2.31. The molecule has 3 rings (SSSR count). The number of carbonyl (C=O) groups is 2. The van der Waals surface area contributed by atoms with Crippen LogP contribution < -0.4 is 5.32 Å². The summed E-state index contributed by atoms with van der Waals surface area (Å²) >= 11 is 0. The maximum absolute atomic E-state index is 14.7. The third-order valence-corrected chi connectivity index (χ3v) is 5.16. The Balaban J connectivity index is 1.79. The molecule has 0 saturated carbocycles. The van der Waals surface area contributed by atoms with Crippen molar-refractivity contribution >= 4 is 11.9 Å². The highest BCUT2D eigenvalue weighted by molar-refractivity contribution is 5.75. The second-order valence-electron chi connectivity index (χ2n) is 7.69. The zero-order valence-electron chi connectivity index (χ0n) is 18.8. The summed E-state index contributed by atoms with van der Waals surface area (Å²) in [6.07, 6.45) is -4.72. The number of halogens is 4. The average molecular weight is 489 g/mol. The Morgan fingerprint density at radius 3 is 2.31 bits per heavy atom. The number of alkyl halides is 3. The molecule has 0 aliphatic heterocycles. The number of esters is 2. The Morgan fingerprint density at radius 2 is 1.63 bits per heavy atom. The number of ether oxygens (including phenoxy) is 2. The van der Waals surface area contributed by atoms with Gasteiger partial charge in [0.2, 0.25) is 0 Å². The van der Waals surface area contributed by atoms with Crippen LogP contribution in [0.1, 0.15) is 22.3 Å². The first kappa shape index (κ1) is 25.9. The van der Waals surface area contributed by atoms with Crippen molar-refractivity contribution in [2.75, 3.05) is 13.7 Å². The topological polar surface area (TPSA) is 64.6 Å². The summed E-state index contributed by atoms with van der Waals surface area (Å²) in [4.78, 5) is 23.6. The monoisotopic (exact) mass is 489 g/mol. The van der Waals surface area contributed by atoms with Crippen molar-refractivity contribution in [2.45, 2.75) is 25.7 Å². The lowest BCUT2D eigenvalue weighted by molar-refractivity contribution is -0.144. The van der Waals surface area contributed by atoms with E-state index in [2.05, 4.69) is 10.1 Å². The van der Waals surface area contributed by atoms with E-state index in [4.69, 9.17) is 4.74 Å². The van der Waals surface area contributed by atoms with Gasteiger partial charge in [0.1, 0.15) is 12.4 Å². The molecule has 9 heteroatoms. The first-order chi connectivity index (χ1) is 16.7. The molecule has 0 aromatic heterocycles. The van der Waals surface area contributed by atoms with Gasteiger partial charge >= 0.3 is 18.1 Å². The molecular weight excluding hydrogens is 466 g/mol. The molecule has 5 nitrogen and oxygen atoms in total. The summed E-state index contributed by atoms with van der Waals surface area (Å²) in [7, 11) is 1.22. The van der Waals surface area contributed by atoms with E-state index in [1.165, 1.54) is 25.3 Å². The van der Waals surface area contributed by atoms with Crippen LogP contribution in [-0.2, 0) is 44.8 Å². The van der Waals surface area contributed by atoms with Gasteiger partial charge in [-0.15, -0.1) is 0 Å². The van der Waals surface area contributed by atoms with Gasteiger partial charge < -0.3 is 14.8 Å². The summed E-state index contributed by atoms with van der Waals surface area (Å²) in [5.41, 5.74) is 0.691. The maximum Gasteiger partial charge on any atom is 0.416 e. The minimum absolute atomic E-state index is 0.0311. The summed E-state index contributed by atoms with van der Waals surface area (Å²) in [6.45, 7) is -0.345. The van der Waals surface area contributed by atoms with Crippen LogP contribution in [0.4, 0.5) is 17.6 Å². The van der Waals surface area contributed by atoms with Gasteiger partial charge in [0.25, 0.3) is 0 Å². The number of rotatable bonds is 9. The van der Waals surface area contributed by atoms with Gasteiger partial charge in [-0.2, -0.15) is 13.2 Å².